The highest BCUT2D eigenvalue weighted by Gasteiger charge is 2.31. The summed E-state index contributed by atoms with van der Waals surface area (Å²) in [6.45, 7) is 0.670. The first-order valence-electron chi connectivity index (χ1n) is 8.39. The summed E-state index contributed by atoms with van der Waals surface area (Å²) in [5.74, 6) is 0.0931. The molecule has 0 spiro atoms. The fourth-order valence-corrected chi connectivity index (χ4v) is 3.00. The van der Waals surface area contributed by atoms with Crippen LogP contribution in [-0.4, -0.2) is 21.8 Å². The molecular formula is C21H20N2O. The van der Waals surface area contributed by atoms with Gasteiger partial charge in [-0.2, -0.15) is 0 Å². The lowest BCUT2D eigenvalue weighted by molar-refractivity contribution is -0.127. The molecule has 1 fully saturated rings. The molecule has 3 aromatic rings. The molecule has 0 saturated heterocycles. The molecule has 120 valence electrons. The van der Waals surface area contributed by atoms with Crippen LogP contribution in [0.3, 0.4) is 0 Å². The number of H-pyrrole nitrogens is 1. The van der Waals surface area contributed by atoms with Gasteiger partial charge < -0.3 is 9.88 Å². The minimum Gasteiger partial charge on any atom is -0.361 e. The number of aromatic amines is 1. The molecule has 1 aliphatic carbocycles. The molecule has 0 aliphatic heterocycles. The standard InChI is InChI=1S/C21H20N2O/c24-21(11-7-16-4-2-1-3-5-16)23(19-8-9-19)15-17-6-10-20-18(14-17)12-13-22-20/h1-7,10-14,19,22H,8-9,15H2/b11-7+. The fourth-order valence-electron chi connectivity index (χ4n) is 3.00. The number of fused-ring (bicyclic) bond motifs is 1. The monoisotopic (exact) mass is 316 g/mol. The Balaban J connectivity index is 1.51. The lowest BCUT2D eigenvalue weighted by Gasteiger charge is -2.21. The maximum Gasteiger partial charge on any atom is 0.247 e. The number of nitrogens with one attached hydrogen (secondary N) is 1. The van der Waals surface area contributed by atoms with Crippen molar-refractivity contribution in [3.05, 3.63) is 78.0 Å². The summed E-state index contributed by atoms with van der Waals surface area (Å²) < 4.78 is 0. The van der Waals surface area contributed by atoms with Crippen LogP contribution in [0.15, 0.2) is 66.9 Å². The first-order valence-corrected chi connectivity index (χ1v) is 8.39. The largest absolute Gasteiger partial charge is 0.361 e. The Labute approximate surface area is 141 Å². The Kier molecular flexibility index (Phi) is 3.91. The van der Waals surface area contributed by atoms with E-state index >= 15 is 0 Å². The summed E-state index contributed by atoms with van der Waals surface area (Å²) in [5, 5.41) is 1.19. The molecule has 1 aromatic heterocycles. The van der Waals surface area contributed by atoms with Crippen LogP contribution in [0.4, 0.5) is 0 Å². The predicted molar refractivity (Wildman–Crippen MR) is 97.3 cm³/mol. The zero-order chi connectivity index (χ0) is 16.4. The van der Waals surface area contributed by atoms with Crippen LogP contribution in [0.1, 0.15) is 24.0 Å². The highest BCUT2D eigenvalue weighted by atomic mass is 16.2. The topological polar surface area (TPSA) is 36.1 Å². The van der Waals surface area contributed by atoms with Gasteiger partial charge in [0.2, 0.25) is 5.91 Å². The number of carbonyl (C=O) groups is 1. The second-order valence-electron chi connectivity index (χ2n) is 6.34. The first kappa shape index (κ1) is 14.8. The third-order valence-electron chi connectivity index (χ3n) is 4.46. The Hall–Kier alpha value is -2.81. The van der Waals surface area contributed by atoms with E-state index in [1.165, 1.54) is 10.9 Å². The van der Waals surface area contributed by atoms with Gasteiger partial charge in [0.1, 0.15) is 0 Å². The normalized spacial score (nSPS) is 14.3. The number of rotatable bonds is 5. The fraction of sp³-hybridized carbons (Fsp3) is 0.190. The molecule has 0 atom stereocenters. The van der Waals surface area contributed by atoms with E-state index in [4.69, 9.17) is 0 Å². The molecule has 4 rings (SSSR count). The number of benzene rings is 2. The van der Waals surface area contributed by atoms with E-state index in [1.54, 1.807) is 6.08 Å². The highest BCUT2D eigenvalue weighted by molar-refractivity contribution is 5.92. The van der Waals surface area contributed by atoms with Gasteiger partial charge in [-0.1, -0.05) is 36.4 Å². The van der Waals surface area contributed by atoms with Crippen molar-refractivity contribution in [3.63, 3.8) is 0 Å². The van der Waals surface area contributed by atoms with Crippen molar-refractivity contribution < 1.29 is 4.79 Å². The maximum atomic E-state index is 12.6. The lowest BCUT2D eigenvalue weighted by Crippen LogP contribution is -2.31. The van der Waals surface area contributed by atoms with Crippen LogP contribution in [0, 0.1) is 0 Å². The molecule has 0 radical (unpaired) electrons. The van der Waals surface area contributed by atoms with Crippen LogP contribution < -0.4 is 0 Å². The number of hydrogen-bond donors (Lipinski definition) is 1. The van der Waals surface area contributed by atoms with Gasteiger partial charge in [-0.15, -0.1) is 0 Å². The van der Waals surface area contributed by atoms with Crippen molar-refractivity contribution in [1.82, 2.24) is 9.88 Å². The molecule has 1 N–H and O–H groups in total. The SMILES string of the molecule is O=C(/C=C/c1ccccc1)N(Cc1ccc2[nH]ccc2c1)C1CC1. The van der Waals surface area contributed by atoms with Crippen LogP contribution in [0.2, 0.25) is 0 Å². The molecule has 24 heavy (non-hydrogen) atoms. The van der Waals surface area contributed by atoms with Crippen molar-refractivity contribution in [1.29, 1.82) is 0 Å². The van der Waals surface area contributed by atoms with E-state index in [0.717, 1.165) is 23.9 Å². The summed E-state index contributed by atoms with van der Waals surface area (Å²) in [7, 11) is 0. The van der Waals surface area contributed by atoms with E-state index < -0.39 is 0 Å². The zero-order valence-corrected chi connectivity index (χ0v) is 13.5. The van der Waals surface area contributed by atoms with E-state index in [9.17, 15) is 4.79 Å². The smallest absolute Gasteiger partial charge is 0.247 e. The summed E-state index contributed by atoms with van der Waals surface area (Å²) in [6.07, 6.45) is 7.75. The average Bonchev–Trinajstić information content (AvgIpc) is 3.35. The van der Waals surface area contributed by atoms with Crippen LogP contribution >= 0.6 is 0 Å². The summed E-state index contributed by atoms with van der Waals surface area (Å²) in [6, 6.07) is 18.8. The Bertz CT molecular complexity index is 875. The van der Waals surface area contributed by atoms with Crippen LogP contribution in [0.5, 0.6) is 0 Å². The highest BCUT2D eigenvalue weighted by Crippen LogP contribution is 2.29. The number of amides is 1. The van der Waals surface area contributed by atoms with Gasteiger partial charge in [-0.3, -0.25) is 4.79 Å². The Morgan fingerprint density at radius 1 is 1.12 bits per heavy atom. The van der Waals surface area contributed by atoms with Crippen LogP contribution in [0.25, 0.3) is 17.0 Å². The van der Waals surface area contributed by atoms with Crippen molar-refractivity contribution in [2.75, 3.05) is 0 Å². The van der Waals surface area contributed by atoms with Crippen molar-refractivity contribution >= 4 is 22.9 Å². The molecule has 2 aromatic carbocycles. The summed E-state index contributed by atoms with van der Waals surface area (Å²) in [5.41, 5.74) is 3.36. The molecule has 1 aliphatic rings. The minimum atomic E-state index is 0.0931. The predicted octanol–water partition coefficient (Wildman–Crippen LogP) is 4.37. The van der Waals surface area contributed by atoms with Gasteiger partial charge in [-0.05, 0) is 53.6 Å². The van der Waals surface area contributed by atoms with Crippen molar-refractivity contribution in [2.45, 2.75) is 25.4 Å². The second kappa shape index (κ2) is 6.36. The molecule has 1 heterocycles. The van der Waals surface area contributed by atoms with Gasteiger partial charge in [0.05, 0.1) is 0 Å². The number of carbonyl (C=O) groups excluding carboxylic acids is 1. The average molecular weight is 316 g/mol. The molecule has 1 amide bonds. The lowest BCUT2D eigenvalue weighted by atomic mass is 10.1. The first-order chi connectivity index (χ1) is 11.8. The van der Waals surface area contributed by atoms with Gasteiger partial charge in [-0.25, -0.2) is 0 Å². The molecule has 0 bridgehead atoms. The molecule has 3 heteroatoms. The molecule has 0 unspecified atom stereocenters. The number of aromatic nitrogens is 1. The second-order valence-corrected chi connectivity index (χ2v) is 6.34. The van der Waals surface area contributed by atoms with Gasteiger partial charge in [0.25, 0.3) is 0 Å². The Morgan fingerprint density at radius 3 is 2.75 bits per heavy atom. The van der Waals surface area contributed by atoms with Gasteiger partial charge in [0, 0.05) is 30.4 Å². The maximum absolute atomic E-state index is 12.6. The van der Waals surface area contributed by atoms with E-state index in [2.05, 4.69) is 29.2 Å². The summed E-state index contributed by atoms with van der Waals surface area (Å²) in [4.78, 5) is 17.8. The molecular weight excluding hydrogens is 296 g/mol. The molecule has 1 saturated carbocycles. The van der Waals surface area contributed by atoms with E-state index in [0.29, 0.717) is 12.6 Å². The van der Waals surface area contributed by atoms with E-state index in [1.807, 2.05) is 47.5 Å². The Morgan fingerprint density at radius 2 is 1.96 bits per heavy atom. The quantitative estimate of drug-likeness (QED) is 0.697. The summed E-state index contributed by atoms with van der Waals surface area (Å²) >= 11 is 0. The minimum absolute atomic E-state index is 0.0931. The number of hydrogen-bond acceptors (Lipinski definition) is 1. The van der Waals surface area contributed by atoms with Crippen molar-refractivity contribution in [2.24, 2.45) is 0 Å². The molecule has 3 nitrogen and oxygen atoms in total. The van der Waals surface area contributed by atoms with E-state index in [-0.39, 0.29) is 5.91 Å². The number of nitrogens with zero attached hydrogens (tertiary/aromatic N) is 1. The third-order valence-corrected chi connectivity index (χ3v) is 4.46. The van der Waals surface area contributed by atoms with Gasteiger partial charge in [0.15, 0.2) is 0 Å². The zero-order valence-electron chi connectivity index (χ0n) is 13.5. The van der Waals surface area contributed by atoms with Crippen LogP contribution in [-0.2, 0) is 11.3 Å². The van der Waals surface area contributed by atoms with Gasteiger partial charge >= 0.3 is 0 Å². The third kappa shape index (κ3) is 3.25. The van der Waals surface area contributed by atoms with Crippen molar-refractivity contribution in [3.8, 4) is 0 Å².